The Bertz CT molecular complexity index is 849. The van der Waals surface area contributed by atoms with E-state index in [0.29, 0.717) is 24.9 Å². The van der Waals surface area contributed by atoms with Gasteiger partial charge >= 0.3 is 5.97 Å². The zero-order chi connectivity index (χ0) is 20.9. The van der Waals surface area contributed by atoms with Crippen molar-refractivity contribution in [2.24, 2.45) is 16.2 Å². The molecule has 2 fully saturated rings. The molecule has 1 heterocycles. The molecule has 3 rings (SSSR count). The maximum absolute atomic E-state index is 13.3. The number of likely N-dealkylation sites (tertiary alicyclic amines) is 1. The highest BCUT2D eigenvalue weighted by atomic mass is 16.5. The Balaban J connectivity index is 1.94. The number of para-hydroxylation sites is 1. The van der Waals surface area contributed by atoms with Gasteiger partial charge in [0.1, 0.15) is 0 Å². The Hall–Kier alpha value is -2.70. The lowest BCUT2D eigenvalue weighted by Gasteiger charge is -2.55. The highest BCUT2D eigenvalue weighted by molar-refractivity contribution is 6.06. The van der Waals surface area contributed by atoms with Crippen LogP contribution in [0.25, 0.3) is 0 Å². The number of fused-ring (bicyclic) bond motifs is 2. The summed E-state index contributed by atoms with van der Waals surface area (Å²) in [6.07, 6.45) is 1.10. The van der Waals surface area contributed by atoms with Gasteiger partial charge in [0, 0.05) is 23.3 Å². The van der Waals surface area contributed by atoms with Gasteiger partial charge in [-0.1, -0.05) is 32.9 Å². The fourth-order valence-electron chi connectivity index (χ4n) is 5.29. The second-order valence-electron chi connectivity index (χ2n) is 8.87. The Morgan fingerprint density at radius 2 is 1.54 bits per heavy atom. The molecule has 7 nitrogen and oxygen atoms in total. The lowest BCUT2D eigenvalue weighted by molar-refractivity contribution is -0.177. The maximum Gasteiger partial charge on any atom is 0.339 e. The van der Waals surface area contributed by atoms with Crippen molar-refractivity contribution in [1.82, 2.24) is 4.90 Å². The molecule has 1 aliphatic heterocycles. The number of carbonyl (C=O) groups is 4. The van der Waals surface area contributed by atoms with Gasteiger partial charge in [0.2, 0.25) is 17.7 Å². The molecule has 2 bridgehead atoms. The monoisotopic (exact) mass is 386 g/mol. The van der Waals surface area contributed by atoms with E-state index in [1.54, 1.807) is 31.2 Å². The summed E-state index contributed by atoms with van der Waals surface area (Å²) in [7, 11) is 2.79. The van der Waals surface area contributed by atoms with Crippen molar-refractivity contribution in [3.05, 3.63) is 29.8 Å². The van der Waals surface area contributed by atoms with E-state index in [0.717, 1.165) is 0 Å². The molecule has 0 radical (unpaired) electrons. The van der Waals surface area contributed by atoms with Gasteiger partial charge < -0.3 is 10.1 Å². The standard InChI is InChI=1S/C21H26N2O5/c1-19(16(25)22-14-9-7-6-8-13(14)15(24)28-5)10-20(2)12-21(3,11-19)18(27)23(4)17(20)26/h6-9H,10-12H2,1-5H3,(H,22,25). The van der Waals surface area contributed by atoms with Crippen molar-refractivity contribution in [2.45, 2.75) is 40.0 Å². The molecule has 1 aliphatic carbocycles. The third-order valence-corrected chi connectivity index (χ3v) is 6.11. The molecule has 3 amide bonds. The van der Waals surface area contributed by atoms with Crippen LogP contribution in [-0.4, -0.2) is 42.7 Å². The van der Waals surface area contributed by atoms with E-state index < -0.39 is 22.2 Å². The molecule has 1 aromatic rings. The Kier molecular flexibility index (Phi) is 4.60. The van der Waals surface area contributed by atoms with E-state index in [2.05, 4.69) is 5.32 Å². The van der Waals surface area contributed by atoms with Crippen molar-refractivity contribution in [2.75, 3.05) is 19.5 Å². The number of esters is 1. The number of hydrogen-bond donors (Lipinski definition) is 1. The van der Waals surface area contributed by atoms with Crippen LogP contribution in [0.4, 0.5) is 5.69 Å². The molecular weight excluding hydrogens is 360 g/mol. The summed E-state index contributed by atoms with van der Waals surface area (Å²) in [6.45, 7) is 5.43. The summed E-state index contributed by atoms with van der Waals surface area (Å²) in [6, 6.07) is 6.60. The van der Waals surface area contributed by atoms with Gasteiger partial charge in [-0.25, -0.2) is 4.79 Å². The largest absolute Gasteiger partial charge is 0.465 e. The fraction of sp³-hybridized carbons (Fsp3) is 0.524. The summed E-state index contributed by atoms with van der Waals surface area (Å²) in [4.78, 5) is 52.0. The van der Waals surface area contributed by atoms with E-state index in [1.165, 1.54) is 19.1 Å². The third-order valence-electron chi connectivity index (χ3n) is 6.11. The Morgan fingerprint density at radius 3 is 2.07 bits per heavy atom. The Labute approximate surface area is 164 Å². The molecular formula is C21H26N2O5. The molecule has 2 atom stereocenters. The second-order valence-corrected chi connectivity index (χ2v) is 8.87. The van der Waals surface area contributed by atoms with Gasteiger partial charge in [-0.05, 0) is 31.4 Å². The van der Waals surface area contributed by atoms with Crippen molar-refractivity contribution < 1.29 is 23.9 Å². The summed E-state index contributed by atoms with van der Waals surface area (Å²) in [5.41, 5.74) is -1.91. The first-order valence-electron chi connectivity index (χ1n) is 9.27. The summed E-state index contributed by atoms with van der Waals surface area (Å²) in [5.74, 6) is -1.36. The van der Waals surface area contributed by atoms with Crippen LogP contribution in [0, 0.1) is 16.2 Å². The van der Waals surface area contributed by atoms with E-state index in [1.807, 2.05) is 13.8 Å². The van der Waals surface area contributed by atoms with Gasteiger partial charge in [-0.3, -0.25) is 19.3 Å². The van der Waals surface area contributed by atoms with Gasteiger partial charge in [-0.15, -0.1) is 0 Å². The molecule has 2 unspecified atom stereocenters. The predicted octanol–water partition coefficient (Wildman–Crippen LogP) is 2.61. The normalized spacial score (nSPS) is 32.1. The lowest BCUT2D eigenvalue weighted by atomic mass is 9.51. The van der Waals surface area contributed by atoms with E-state index in [4.69, 9.17) is 4.74 Å². The smallest absolute Gasteiger partial charge is 0.339 e. The number of nitrogens with one attached hydrogen (secondary N) is 1. The number of rotatable bonds is 3. The number of hydrogen-bond acceptors (Lipinski definition) is 5. The molecule has 0 spiro atoms. The van der Waals surface area contributed by atoms with Crippen LogP contribution in [0.2, 0.25) is 0 Å². The van der Waals surface area contributed by atoms with Gasteiger partial charge in [0.15, 0.2) is 0 Å². The number of ether oxygens (including phenoxy) is 1. The van der Waals surface area contributed by atoms with Crippen molar-refractivity contribution >= 4 is 29.4 Å². The molecule has 7 heteroatoms. The zero-order valence-electron chi connectivity index (χ0n) is 16.9. The minimum atomic E-state index is -0.933. The summed E-state index contributed by atoms with van der Waals surface area (Å²) < 4.78 is 4.78. The van der Waals surface area contributed by atoms with Gasteiger partial charge in [0.25, 0.3) is 0 Å². The van der Waals surface area contributed by atoms with Crippen LogP contribution in [0.3, 0.4) is 0 Å². The average Bonchev–Trinajstić information content (AvgIpc) is 2.64. The number of nitrogens with zero attached hydrogens (tertiary/aromatic N) is 1. The minimum Gasteiger partial charge on any atom is -0.465 e. The molecule has 1 saturated carbocycles. The first-order chi connectivity index (χ1) is 13.0. The second kappa shape index (κ2) is 6.43. The van der Waals surface area contributed by atoms with Crippen molar-refractivity contribution in [1.29, 1.82) is 0 Å². The van der Waals surface area contributed by atoms with Crippen LogP contribution in [-0.2, 0) is 19.1 Å². The molecule has 150 valence electrons. The van der Waals surface area contributed by atoms with Crippen LogP contribution in [0.5, 0.6) is 0 Å². The molecule has 1 N–H and O–H groups in total. The number of benzene rings is 1. The first-order valence-corrected chi connectivity index (χ1v) is 9.27. The molecule has 2 aliphatic rings. The van der Waals surface area contributed by atoms with Crippen molar-refractivity contribution in [3.8, 4) is 0 Å². The maximum atomic E-state index is 13.3. The highest BCUT2D eigenvalue weighted by Gasteiger charge is 2.62. The number of methoxy groups -OCH3 is 1. The fourth-order valence-corrected chi connectivity index (χ4v) is 5.29. The van der Waals surface area contributed by atoms with Gasteiger partial charge in [0.05, 0.1) is 18.4 Å². The van der Waals surface area contributed by atoms with Crippen LogP contribution in [0.1, 0.15) is 50.4 Å². The molecule has 0 aromatic heterocycles. The molecule has 28 heavy (non-hydrogen) atoms. The zero-order valence-corrected chi connectivity index (χ0v) is 16.9. The van der Waals surface area contributed by atoms with E-state index in [-0.39, 0.29) is 23.3 Å². The third kappa shape index (κ3) is 2.99. The van der Waals surface area contributed by atoms with Crippen LogP contribution < -0.4 is 5.32 Å². The van der Waals surface area contributed by atoms with Crippen LogP contribution >= 0.6 is 0 Å². The first kappa shape index (κ1) is 20.0. The molecule has 1 saturated heterocycles. The van der Waals surface area contributed by atoms with E-state index in [9.17, 15) is 19.2 Å². The summed E-state index contributed by atoms with van der Waals surface area (Å²) in [5, 5.41) is 2.82. The van der Waals surface area contributed by atoms with Crippen LogP contribution in [0.15, 0.2) is 24.3 Å². The highest BCUT2D eigenvalue weighted by Crippen LogP contribution is 2.58. The number of amides is 3. The number of anilines is 1. The van der Waals surface area contributed by atoms with Crippen molar-refractivity contribution in [3.63, 3.8) is 0 Å². The Morgan fingerprint density at radius 1 is 1.00 bits per heavy atom. The number of piperidine rings is 1. The quantitative estimate of drug-likeness (QED) is 0.637. The van der Waals surface area contributed by atoms with E-state index >= 15 is 0 Å². The number of imide groups is 1. The SMILES string of the molecule is COC(=O)c1ccccc1NC(=O)C1(C)CC2(C)CC(C)(C1)C(=O)N(C)C2=O. The lowest BCUT2D eigenvalue weighted by Crippen LogP contribution is -2.63. The topological polar surface area (TPSA) is 92.8 Å². The minimum absolute atomic E-state index is 0.247. The number of carbonyl (C=O) groups excluding carboxylic acids is 4. The summed E-state index contributed by atoms with van der Waals surface area (Å²) >= 11 is 0. The predicted molar refractivity (Wildman–Crippen MR) is 102 cm³/mol. The average molecular weight is 386 g/mol. The van der Waals surface area contributed by atoms with Gasteiger partial charge in [-0.2, -0.15) is 0 Å². The molecule has 1 aromatic carbocycles.